The molecular formula is C18H35N3O3. The van der Waals surface area contributed by atoms with Crippen LogP contribution in [0, 0.1) is 5.41 Å². The summed E-state index contributed by atoms with van der Waals surface area (Å²) >= 11 is 0. The highest BCUT2D eigenvalue weighted by molar-refractivity contribution is 5.79. The van der Waals surface area contributed by atoms with E-state index >= 15 is 0 Å². The zero-order chi connectivity index (χ0) is 17.1. The lowest BCUT2D eigenvalue weighted by Crippen LogP contribution is -2.44. The second-order valence-electron chi connectivity index (χ2n) is 7.01. The fraction of sp³-hybridized carbons (Fsp3) is 0.944. The average Bonchev–Trinajstić information content (AvgIpc) is 3.28. The van der Waals surface area contributed by atoms with Crippen LogP contribution in [0.4, 0.5) is 0 Å². The maximum absolute atomic E-state index is 5.68. The Labute approximate surface area is 146 Å². The molecule has 2 rings (SSSR count). The zero-order valence-corrected chi connectivity index (χ0v) is 15.4. The summed E-state index contributed by atoms with van der Waals surface area (Å²) in [5.41, 5.74) is 0.365. The highest BCUT2D eigenvalue weighted by Gasteiger charge is 2.33. The minimum Gasteiger partial charge on any atom is -0.385 e. The lowest BCUT2D eigenvalue weighted by atomic mass is 9.83. The molecule has 0 bridgehead atoms. The molecule has 0 radical (unpaired) electrons. The normalized spacial score (nSPS) is 23.6. The van der Waals surface area contributed by atoms with Gasteiger partial charge in [-0.05, 0) is 37.5 Å². The van der Waals surface area contributed by atoms with Crippen LogP contribution in [0.2, 0.25) is 0 Å². The molecule has 1 unspecified atom stereocenters. The smallest absolute Gasteiger partial charge is 0.191 e. The van der Waals surface area contributed by atoms with Crippen LogP contribution in [0.3, 0.4) is 0 Å². The Morgan fingerprint density at radius 2 is 2.04 bits per heavy atom. The topological polar surface area (TPSA) is 64.1 Å². The molecular weight excluding hydrogens is 306 g/mol. The molecule has 140 valence electrons. The van der Waals surface area contributed by atoms with Crippen molar-refractivity contribution in [2.45, 2.75) is 51.0 Å². The number of guanidine groups is 1. The van der Waals surface area contributed by atoms with Gasteiger partial charge in [0.1, 0.15) is 0 Å². The van der Waals surface area contributed by atoms with Gasteiger partial charge >= 0.3 is 0 Å². The van der Waals surface area contributed by atoms with Gasteiger partial charge in [0, 0.05) is 40.5 Å². The number of nitrogens with one attached hydrogen (secondary N) is 2. The van der Waals surface area contributed by atoms with Crippen molar-refractivity contribution < 1.29 is 14.2 Å². The Bertz CT molecular complexity index is 365. The maximum Gasteiger partial charge on any atom is 0.191 e. The van der Waals surface area contributed by atoms with Crippen LogP contribution in [0.25, 0.3) is 0 Å². The molecule has 1 aliphatic heterocycles. The standard InChI is InChI=1S/C18H35N3O3/c1-19-17(20-10-13-23-14-16-6-5-11-24-16)21-15-18(9-12-22-2)7-3-4-8-18/h16H,3-15H2,1-2H3,(H2,19,20,21). The van der Waals surface area contributed by atoms with E-state index in [1.54, 1.807) is 7.11 Å². The molecule has 0 aromatic heterocycles. The number of hydrogen-bond acceptors (Lipinski definition) is 4. The zero-order valence-electron chi connectivity index (χ0n) is 15.4. The summed E-state index contributed by atoms with van der Waals surface area (Å²) in [5.74, 6) is 0.861. The van der Waals surface area contributed by atoms with Gasteiger partial charge in [-0.3, -0.25) is 4.99 Å². The van der Waals surface area contributed by atoms with Crippen molar-refractivity contribution in [3.05, 3.63) is 0 Å². The van der Waals surface area contributed by atoms with E-state index in [0.717, 1.165) is 51.5 Å². The van der Waals surface area contributed by atoms with Crippen molar-refractivity contribution in [3.63, 3.8) is 0 Å². The van der Waals surface area contributed by atoms with Gasteiger partial charge in [0.2, 0.25) is 0 Å². The van der Waals surface area contributed by atoms with Crippen molar-refractivity contribution >= 4 is 5.96 Å². The molecule has 1 saturated heterocycles. The third-order valence-corrected chi connectivity index (χ3v) is 5.22. The molecule has 6 nitrogen and oxygen atoms in total. The first-order valence-corrected chi connectivity index (χ1v) is 9.41. The van der Waals surface area contributed by atoms with Crippen molar-refractivity contribution in [1.82, 2.24) is 10.6 Å². The Morgan fingerprint density at radius 3 is 2.71 bits per heavy atom. The van der Waals surface area contributed by atoms with E-state index in [1.807, 2.05) is 7.05 Å². The summed E-state index contributed by atoms with van der Waals surface area (Å²) < 4.78 is 16.5. The molecule has 0 spiro atoms. The summed E-state index contributed by atoms with van der Waals surface area (Å²) in [4.78, 5) is 4.32. The van der Waals surface area contributed by atoms with E-state index in [2.05, 4.69) is 15.6 Å². The fourth-order valence-corrected chi connectivity index (χ4v) is 3.68. The van der Waals surface area contributed by atoms with Crippen molar-refractivity contribution in [2.75, 3.05) is 53.7 Å². The molecule has 2 aliphatic rings. The molecule has 1 heterocycles. The Balaban J connectivity index is 1.60. The minimum atomic E-state index is 0.297. The van der Waals surface area contributed by atoms with Crippen LogP contribution >= 0.6 is 0 Å². The number of methoxy groups -OCH3 is 1. The van der Waals surface area contributed by atoms with E-state index in [-0.39, 0.29) is 0 Å². The van der Waals surface area contributed by atoms with E-state index < -0.39 is 0 Å². The molecule has 0 amide bonds. The van der Waals surface area contributed by atoms with Crippen molar-refractivity contribution in [2.24, 2.45) is 10.4 Å². The van der Waals surface area contributed by atoms with Gasteiger partial charge in [-0.1, -0.05) is 12.8 Å². The molecule has 1 aliphatic carbocycles. The summed E-state index contributed by atoms with van der Waals surface area (Å²) in [5, 5.41) is 6.83. The van der Waals surface area contributed by atoms with Crippen LogP contribution in [0.1, 0.15) is 44.9 Å². The summed E-state index contributed by atoms with van der Waals surface area (Å²) in [6.45, 7) is 4.83. The lowest BCUT2D eigenvalue weighted by Gasteiger charge is -2.30. The summed E-state index contributed by atoms with van der Waals surface area (Å²) in [6, 6.07) is 0. The van der Waals surface area contributed by atoms with Gasteiger partial charge in [0.05, 0.1) is 19.3 Å². The molecule has 1 atom stereocenters. The van der Waals surface area contributed by atoms with Gasteiger partial charge < -0.3 is 24.8 Å². The van der Waals surface area contributed by atoms with E-state index in [1.165, 1.54) is 25.7 Å². The largest absolute Gasteiger partial charge is 0.385 e. The van der Waals surface area contributed by atoms with E-state index in [9.17, 15) is 0 Å². The quantitative estimate of drug-likeness (QED) is 0.361. The second kappa shape index (κ2) is 10.9. The Morgan fingerprint density at radius 1 is 1.21 bits per heavy atom. The van der Waals surface area contributed by atoms with Gasteiger partial charge in [-0.25, -0.2) is 0 Å². The third kappa shape index (κ3) is 6.57. The number of aliphatic imine (C=N–C) groups is 1. The lowest BCUT2D eigenvalue weighted by molar-refractivity contribution is 0.0191. The van der Waals surface area contributed by atoms with Gasteiger partial charge in [0.25, 0.3) is 0 Å². The first-order valence-electron chi connectivity index (χ1n) is 9.41. The summed E-state index contributed by atoms with van der Waals surface area (Å²) in [7, 11) is 3.60. The average molecular weight is 341 g/mol. The Kier molecular flexibility index (Phi) is 8.84. The number of ether oxygens (including phenoxy) is 3. The molecule has 24 heavy (non-hydrogen) atoms. The van der Waals surface area contributed by atoms with Crippen LogP contribution in [-0.2, 0) is 14.2 Å². The minimum absolute atomic E-state index is 0.297. The van der Waals surface area contributed by atoms with E-state index in [0.29, 0.717) is 24.7 Å². The predicted octanol–water partition coefficient (Wildman–Crippen LogP) is 1.94. The monoisotopic (exact) mass is 341 g/mol. The predicted molar refractivity (Wildman–Crippen MR) is 96.6 cm³/mol. The fourth-order valence-electron chi connectivity index (χ4n) is 3.68. The van der Waals surface area contributed by atoms with Crippen molar-refractivity contribution in [1.29, 1.82) is 0 Å². The van der Waals surface area contributed by atoms with Crippen LogP contribution in [-0.4, -0.2) is 65.7 Å². The highest BCUT2D eigenvalue weighted by atomic mass is 16.5. The highest BCUT2D eigenvalue weighted by Crippen LogP contribution is 2.40. The molecule has 0 aromatic carbocycles. The number of rotatable bonds is 10. The molecule has 2 fully saturated rings. The number of nitrogens with zero attached hydrogens (tertiary/aromatic N) is 1. The molecule has 1 saturated carbocycles. The molecule has 2 N–H and O–H groups in total. The maximum atomic E-state index is 5.68. The molecule has 6 heteroatoms. The van der Waals surface area contributed by atoms with E-state index in [4.69, 9.17) is 14.2 Å². The Hall–Kier alpha value is -0.850. The third-order valence-electron chi connectivity index (χ3n) is 5.22. The van der Waals surface area contributed by atoms with Crippen LogP contribution < -0.4 is 10.6 Å². The first-order chi connectivity index (χ1) is 11.8. The first kappa shape index (κ1) is 19.5. The van der Waals surface area contributed by atoms with Gasteiger partial charge in [0.15, 0.2) is 5.96 Å². The van der Waals surface area contributed by atoms with Crippen LogP contribution in [0.15, 0.2) is 4.99 Å². The SMILES string of the molecule is CN=C(NCCOCC1CCCO1)NCC1(CCOC)CCCC1. The van der Waals surface area contributed by atoms with Gasteiger partial charge in [-0.2, -0.15) is 0 Å². The number of hydrogen-bond donors (Lipinski definition) is 2. The molecule has 0 aromatic rings. The van der Waals surface area contributed by atoms with Crippen molar-refractivity contribution in [3.8, 4) is 0 Å². The van der Waals surface area contributed by atoms with Gasteiger partial charge in [-0.15, -0.1) is 0 Å². The summed E-state index contributed by atoms with van der Waals surface area (Å²) in [6.07, 6.45) is 8.93. The van der Waals surface area contributed by atoms with Crippen LogP contribution in [0.5, 0.6) is 0 Å². The second-order valence-corrected chi connectivity index (χ2v) is 7.01.